The number of benzene rings is 2. The molecule has 1 N–H and O–H groups in total. The summed E-state index contributed by atoms with van der Waals surface area (Å²) >= 11 is 6.31. The molecule has 3 aromatic rings. The predicted molar refractivity (Wildman–Crippen MR) is 103 cm³/mol. The first kappa shape index (κ1) is 16.4. The molecule has 1 fully saturated rings. The highest BCUT2D eigenvalue weighted by atomic mass is 35.5. The summed E-state index contributed by atoms with van der Waals surface area (Å²) in [7, 11) is 0. The van der Waals surface area contributed by atoms with Crippen LogP contribution in [-0.2, 0) is 5.60 Å². The van der Waals surface area contributed by atoms with E-state index >= 15 is 0 Å². The average Bonchev–Trinajstić information content (AvgIpc) is 2.63. The molecule has 2 aromatic carbocycles. The van der Waals surface area contributed by atoms with Gasteiger partial charge in [-0.05, 0) is 37.5 Å². The van der Waals surface area contributed by atoms with Crippen molar-refractivity contribution < 1.29 is 5.11 Å². The highest BCUT2D eigenvalue weighted by Crippen LogP contribution is 2.39. The van der Waals surface area contributed by atoms with Crippen molar-refractivity contribution in [3.8, 4) is 0 Å². The quantitative estimate of drug-likeness (QED) is 0.727. The number of anilines is 1. The SMILES string of the molecule is Cc1cccc2c(N3CCC(O)(c4ccccc4Cl)CC3)ccnc12. The van der Waals surface area contributed by atoms with Crippen LogP contribution in [0.2, 0.25) is 5.02 Å². The van der Waals surface area contributed by atoms with Crippen LogP contribution in [0.3, 0.4) is 0 Å². The molecule has 4 heteroatoms. The molecular weight excluding hydrogens is 332 g/mol. The summed E-state index contributed by atoms with van der Waals surface area (Å²) in [6.07, 6.45) is 3.19. The first-order valence-electron chi connectivity index (χ1n) is 8.65. The first-order valence-corrected chi connectivity index (χ1v) is 9.03. The number of rotatable bonds is 2. The van der Waals surface area contributed by atoms with Gasteiger partial charge in [0.25, 0.3) is 0 Å². The molecule has 2 heterocycles. The summed E-state index contributed by atoms with van der Waals surface area (Å²) in [5.41, 5.74) is 3.41. The number of nitrogens with zero attached hydrogens (tertiary/aromatic N) is 2. The molecule has 0 atom stereocenters. The van der Waals surface area contributed by atoms with Crippen LogP contribution in [0.4, 0.5) is 5.69 Å². The minimum atomic E-state index is -0.854. The van der Waals surface area contributed by atoms with E-state index in [1.807, 2.05) is 30.5 Å². The Morgan fingerprint density at radius 1 is 1.04 bits per heavy atom. The second kappa shape index (κ2) is 6.32. The standard InChI is InChI=1S/C21H21ClN2O/c1-15-5-4-6-16-19(9-12-23-20(15)16)24-13-10-21(25,11-14-24)17-7-2-3-8-18(17)22/h2-9,12,25H,10-11,13-14H2,1H3. The Morgan fingerprint density at radius 2 is 1.80 bits per heavy atom. The van der Waals surface area contributed by atoms with E-state index in [1.165, 1.54) is 16.6 Å². The number of fused-ring (bicyclic) bond motifs is 1. The van der Waals surface area contributed by atoms with E-state index in [0.29, 0.717) is 17.9 Å². The number of aryl methyl sites for hydroxylation is 1. The molecule has 0 bridgehead atoms. The van der Waals surface area contributed by atoms with Crippen molar-refractivity contribution >= 4 is 28.2 Å². The Hall–Kier alpha value is -2.10. The lowest BCUT2D eigenvalue weighted by atomic mass is 9.84. The Labute approximate surface area is 152 Å². The number of aromatic nitrogens is 1. The van der Waals surface area contributed by atoms with Crippen LogP contribution >= 0.6 is 11.6 Å². The number of hydrogen-bond donors (Lipinski definition) is 1. The van der Waals surface area contributed by atoms with Crippen molar-refractivity contribution in [2.75, 3.05) is 18.0 Å². The number of piperidine rings is 1. The minimum Gasteiger partial charge on any atom is -0.385 e. The fourth-order valence-corrected chi connectivity index (χ4v) is 4.12. The topological polar surface area (TPSA) is 36.4 Å². The fourth-order valence-electron chi connectivity index (χ4n) is 3.81. The lowest BCUT2D eigenvalue weighted by Crippen LogP contribution is -2.42. The van der Waals surface area contributed by atoms with E-state index in [9.17, 15) is 5.11 Å². The van der Waals surface area contributed by atoms with E-state index in [-0.39, 0.29) is 0 Å². The van der Waals surface area contributed by atoms with E-state index in [1.54, 1.807) is 0 Å². The smallest absolute Gasteiger partial charge is 0.0944 e. The van der Waals surface area contributed by atoms with Crippen LogP contribution in [0.15, 0.2) is 54.7 Å². The molecule has 0 radical (unpaired) electrons. The van der Waals surface area contributed by atoms with Crippen LogP contribution in [0, 0.1) is 6.92 Å². The highest BCUT2D eigenvalue weighted by Gasteiger charge is 2.35. The van der Waals surface area contributed by atoms with Gasteiger partial charge >= 0.3 is 0 Å². The molecule has 0 unspecified atom stereocenters. The van der Waals surface area contributed by atoms with Gasteiger partial charge in [-0.25, -0.2) is 0 Å². The lowest BCUT2D eigenvalue weighted by Gasteiger charge is -2.40. The average molecular weight is 353 g/mol. The van der Waals surface area contributed by atoms with Gasteiger partial charge in [0.2, 0.25) is 0 Å². The normalized spacial score (nSPS) is 17.0. The van der Waals surface area contributed by atoms with E-state index < -0.39 is 5.60 Å². The van der Waals surface area contributed by atoms with E-state index in [4.69, 9.17) is 11.6 Å². The van der Waals surface area contributed by atoms with Crippen molar-refractivity contribution in [2.45, 2.75) is 25.4 Å². The van der Waals surface area contributed by atoms with Crippen LogP contribution < -0.4 is 4.90 Å². The number of aliphatic hydroxyl groups is 1. The Morgan fingerprint density at radius 3 is 2.56 bits per heavy atom. The fraction of sp³-hybridized carbons (Fsp3) is 0.286. The maximum Gasteiger partial charge on any atom is 0.0944 e. The van der Waals surface area contributed by atoms with Crippen molar-refractivity contribution in [1.29, 1.82) is 0 Å². The molecule has 1 aromatic heterocycles. The Bertz CT molecular complexity index is 917. The summed E-state index contributed by atoms with van der Waals surface area (Å²) in [5.74, 6) is 0. The minimum absolute atomic E-state index is 0.642. The van der Waals surface area contributed by atoms with E-state index in [0.717, 1.165) is 24.2 Å². The first-order chi connectivity index (χ1) is 12.1. The van der Waals surface area contributed by atoms with Gasteiger partial charge in [0, 0.05) is 40.9 Å². The lowest BCUT2D eigenvalue weighted by molar-refractivity contribution is 0.0119. The summed E-state index contributed by atoms with van der Waals surface area (Å²) in [6, 6.07) is 16.0. The Balaban J connectivity index is 1.63. The second-order valence-electron chi connectivity index (χ2n) is 6.80. The zero-order valence-electron chi connectivity index (χ0n) is 14.2. The molecular formula is C21H21ClN2O. The summed E-state index contributed by atoms with van der Waals surface area (Å²) < 4.78 is 0. The van der Waals surface area contributed by atoms with E-state index in [2.05, 4.69) is 41.1 Å². The van der Waals surface area contributed by atoms with Gasteiger partial charge in [-0.3, -0.25) is 4.98 Å². The third-order valence-electron chi connectivity index (χ3n) is 5.26. The molecule has 3 nitrogen and oxygen atoms in total. The number of para-hydroxylation sites is 1. The summed E-state index contributed by atoms with van der Waals surface area (Å²) in [5, 5.41) is 12.9. The Kier molecular flexibility index (Phi) is 4.14. The monoisotopic (exact) mass is 352 g/mol. The van der Waals surface area contributed by atoms with Gasteiger partial charge in [0.1, 0.15) is 0 Å². The third kappa shape index (κ3) is 2.88. The molecule has 0 aliphatic carbocycles. The summed E-state index contributed by atoms with van der Waals surface area (Å²) in [4.78, 5) is 6.87. The molecule has 4 rings (SSSR count). The molecule has 128 valence electrons. The molecule has 0 spiro atoms. The highest BCUT2D eigenvalue weighted by molar-refractivity contribution is 6.31. The van der Waals surface area contributed by atoms with Gasteiger partial charge < -0.3 is 10.0 Å². The molecule has 1 aliphatic rings. The predicted octanol–water partition coefficient (Wildman–Crippen LogP) is 4.68. The maximum absolute atomic E-state index is 11.1. The third-order valence-corrected chi connectivity index (χ3v) is 5.59. The maximum atomic E-state index is 11.1. The van der Waals surface area contributed by atoms with Gasteiger partial charge in [0.15, 0.2) is 0 Å². The van der Waals surface area contributed by atoms with Crippen LogP contribution in [-0.4, -0.2) is 23.2 Å². The van der Waals surface area contributed by atoms with Gasteiger partial charge in [-0.1, -0.05) is 48.0 Å². The van der Waals surface area contributed by atoms with Crippen molar-refractivity contribution in [3.05, 3.63) is 70.9 Å². The second-order valence-corrected chi connectivity index (χ2v) is 7.21. The number of halogens is 1. The van der Waals surface area contributed by atoms with Crippen LogP contribution in [0.25, 0.3) is 10.9 Å². The molecule has 25 heavy (non-hydrogen) atoms. The zero-order valence-corrected chi connectivity index (χ0v) is 15.0. The molecule has 0 saturated carbocycles. The largest absolute Gasteiger partial charge is 0.385 e. The van der Waals surface area contributed by atoms with Gasteiger partial charge in [-0.2, -0.15) is 0 Å². The zero-order chi connectivity index (χ0) is 17.4. The van der Waals surface area contributed by atoms with Crippen LogP contribution in [0.5, 0.6) is 0 Å². The number of pyridine rings is 1. The summed E-state index contributed by atoms with van der Waals surface area (Å²) in [6.45, 7) is 3.66. The number of hydrogen-bond acceptors (Lipinski definition) is 3. The van der Waals surface area contributed by atoms with Crippen molar-refractivity contribution in [1.82, 2.24) is 4.98 Å². The van der Waals surface area contributed by atoms with Crippen molar-refractivity contribution in [2.24, 2.45) is 0 Å². The van der Waals surface area contributed by atoms with Gasteiger partial charge in [0.05, 0.1) is 11.1 Å². The van der Waals surface area contributed by atoms with Gasteiger partial charge in [-0.15, -0.1) is 0 Å². The molecule has 1 saturated heterocycles. The molecule has 0 amide bonds. The molecule has 1 aliphatic heterocycles. The van der Waals surface area contributed by atoms with Crippen molar-refractivity contribution in [3.63, 3.8) is 0 Å². The van der Waals surface area contributed by atoms with Crippen LogP contribution in [0.1, 0.15) is 24.0 Å².